The molecule has 1 saturated carbocycles. The highest BCUT2D eigenvalue weighted by Crippen LogP contribution is 2.39. The van der Waals surface area contributed by atoms with Gasteiger partial charge >= 0.3 is 0 Å². The van der Waals surface area contributed by atoms with Gasteiger partial charge in [0.1, 0.15) is 10.8 Å². The molecule has 3 nitrogen and oxygen atoms in total. The molecule has 0 atom stereocenters. The Labute approximate surface area is 114 Å². The van der Waals surface area contributed by atoms with Gasteiger partial charge in [0.2, 0.25) is 0 Å². The van der Waals surface area contributed by atoms with E-state index in [-0.39, 0.29) is 5.60 Å². The van der Waals surface area contributed by atoms with Gasteiger partial charge in [-0.3, -0.25) is 0 Å². The van der Waals surface area contributed by atoms with Gasteiger partial charge in [-0.1, -0.05) is 44.7 Å². The minimum Gasteiger partial charge on any atom is -0.370 e. The molecule has 1 heterocycles. The molecule has 100 valence electrons. The highest BCUT2D eigenvalue weighted by Gasteiger charge is 2.37. The molecule has 0 aromatic carbocycles. The maximum Gasteiger partial charge on any atom is 0.162 e. The molecule has 1 aromatic heterocycles. The van der Waals surface area contributed by atoms with E-state index in [0.717, 1.165) is 24.4 Å². The Hall–Kier alpha value is -0.670. The second-order valence-corrected chi connectivity index (χ2v) is 5.74. The monoisotopic (exact) mass is 268 g/mol. The zero-order chi connectivity index (χ0) is 13.2. The van der Waals surface area contributed by atoms with E-state index in [9.17, 15) is 0 Å². The molecule has 0 radical (unpaired) electrons. The lowest BCUT2D eigenvalue weighted by atomic mass is 9.84. The molecule has 1 fully saturated rings. The van der Waals surface area contributed by atoms with Gasteiger partial charge in [0.25, 0.3) is 0 Å². The smallest absolute Gasteiger partial charge is 0.162 e. The van der Waals surface area contributed by atoms with Crippen LogP contribution in [0.2, 0.25) is 5.15 Å². The van der Waals surface area contributed by atoms with Crippen molar-refractivity contribution in [1.82, 2.24) is 9.97 Å². The highest BCUT2D eigenvalue weighted by molar-refractivity contribution is 6.29. The summed E-state index contributed by atoms with van der Waals surface area (Å²) < 4.78 is 5.77. The molecule has 0 bridgehead atoms. The van der Waals surface area contributed by atoms with E-state index in [4.69, 9.17) is 16.3 Å². The quantitative estimate of drug-likeness (QED) is 0.776. The van der Waals surface area contributed by atoms with Gasteiger partial charge in [-0.25, -0.2) is 9.97 Å². The molecular weight excluding hydrogens is 248 g/mol. The van der Waals surface area contributed by atoms with Crippen LogP contribution in [0.25, 0.3) is 0 Å². The molecule has 0 amide bonds. The first-order valence-corrected chi connectivity index (χ1v) is 7.05. The van der Waals surface area contributed by atoms with Crippen LogP contribution in [0.5, 0.6) is 0 Å². The van der Waals surface area contributed by atoms with Gasteiger partial charge in [-0.15, -0.1) is 0 Å². The second kappa shape index (κ2) is 5.54. The number of ether oxygens (including phenoxy) is 1. The average molecular weight is 269 g/mol. The van der Waals surface area contributed by atoms with Gasteiger partial charge in [0, 0.05) is 12.8 Å². The molecule has 0 saturated heterocycles. The first-order valence-electron chi connectivity index (χ1n) is 6.67. The van der Waals surface area contributed by atoms with Crippen LogP contribution in [0.1, 0.15) is 63.4 Å². The topological polar surface area (TPSA) is 35.0 Å². The van der Waals surface area contributed by atoms with Crippen LogP contribution in [-0.4, -0.2) is 17.1 Å². The van der Waals surface area contributed by atoms with Crippen molar-refractivity contribution in [3.05, 3.63) is 22.7 Å². The van der Waals surface area contributed by atoms with Gasteiger partial charge in [-0.2, -0.15) is 0 Å². The molecule has 1 aromatic rings. The Morgan fingerprint density at radius 1 is 1.22 bits per heavy atom. The number of methoxy groups -OCH3 is 1. The number of halogens is 1. The van der Waals surface area contributed by atoms with E-state index in [1.807, 2.05) is 6.07 Å². The Balaban J connectivity index is 2.41. The van der Waals surface area contributed by atoms with E-state index in [0.29, 0.717) is 11.1 Å². The minimum absolute atomic E-state index is 0.327. The largest absolute Gasteiger partial charge is 0.370 e. The van der Waals surface area contributed by atoms with Crippen molar-refractivity contribution in [1.29, 1.82) is 0 Å². The van der Waals surface area contributed by atoms with Crippen molar-refractivity contribution in [3.63, 3.8) is 0 Å². The summed E-state index contributed by atoms with van der Waals surface area (Å²) in [4.78, 5) is 9.09. The maximum atomic E-state index is 6.13. The fourth-order valence-corrected chi connectivity index (χ4v) is 2.77. The van der Waals surface area contributed by atoms with Crippen LogP contribution in [0.3, 0.4) is 0 Å². The number of hydrogen-bond donors (Lipinski definition) is 0. The molecule has 0 spiro atoms. The van der Waals surface area contributed by atoms with Crippen LogP contribution in [0, 0.1) is 0 Å². The van der Waals surface area contributed by atoms with Crippen LogP contribution < -0.4 is 0 Å². The summed E-state index contributed by atoms with van der Waals surface area (Å²) in [5, 5.41) is 0.519. The lowest BCUT2D eigenvalue weighted by molar-refractivity contribution is -0.0516. The number of nitrogens with zero attached hydrogens (tertiary/aromatic N) is 2. The summed E-state index contributed by atoms with van der Waals surface area (Å²) in [5.41, 5.74) is 0.666. The molecule has 1 aliphatic carbocycles. The van der Waals surface area contributed by atoms with Gasteiger partial charge < -0.3 is 4.74 Å². The number of hydrogen-bond acceptors (Lipinski definition) is 3. The van der Waals surface area contributed by atoms with Crippen LogP contribution in [0.15, 0.2) is 6.07 Å². The standard InChI is InChI=1S/C14H21ClN2O/c1-10(2)11-9-12(15)17-13(16-11)14(18-3)7-5-4-6-8-14/h9-10H,4-8H2,1-3H3. The Bertz CT molecular complexity index is 414. The third kappa shape index (κ3) is 2.67. The number of aromatic nitrogens is 2. The molecule has 2 rings (SSSR count). The summed E-state index contributed by atoms with van der Waals surface area (Å²) in [6, 6.07) is 1.85. The molecule has 4 heteroatoms. The maximum absolute atomic E-state index is 6.13. The summed E-state index contributed by atoms with van der Waals surface area (Å²) in [7, 11) is 1.75. The molecule has 0 N–H and O–H groups in total. The van der Waals surface area contributed by atoms with E-state index < -0.39 is 0 Å². The zero-order valence-corrected chi connectivity index (χ0v) is 12.1. The second-order valence-electron chi connectivity index (χ2n) is 5.35. The average Bonchev–Trinajstić information content (AvgIpc) is 2.38. The SMILES string of the molecule is COC1(c2nc(Cl)cc(C(C)C)n2)CCCCC1. The van der Waals surface area contributed by atoms with E-state index in [2.05, 4.69) is 23.8 Å². The Morgan fingerprint density at radius 2 is 1.89 bits per heavy atom. The summed E-state index contributed by atoms with van der Waals surface area (Å²) in [5.74, 6) is 1.11. The summed E-state index contributed by atoms with van der Waals surface area (Å²) in [6.07, 6.45) is 5.58. The molecule has 1 aliphatic rings. The van der Waals surface area contributed by atoms with Gasteiger partial charge in [0.05, 0.1) is 0 Å². The first-order chi connectivity index (χ1) is 8.57. The lowest BCUT2D eigenvalue weighted by Gasteiger charge is -2.34. The fraction of sp³-hybridized carbons (Fsp3) is 0.714. The zero-order valence-electron chi connectivity index (χ0n) is 11.4. The van der Waals surface area contributed by atoms with E-state index >= 15 is 0 Å². The van der Waals surface area contributed by atoms with Crippen LogP contribution >= 0.6 is 11.6 Å². The van der Waals surface area contributed by atoms with Gasteiger partial charge in [0.15, 0.2) is 5.82 Å². The first kappa shape index (κ1) is 13.8. The summed E-state index contributed by atoms with van der Waals surface area (Å²) in [6.45, 7) is 4.23. The Kier molecular flexibility index (Phi) is 4.23. The van der Waals surface area contributed by atoms with Crippen LogP contribution in [-0.2, 0) is 10.3 Å². The van der Waals surface area contributed by atoms with Crippen molar-refractivity contribution in [2.24, 2.45) is 0 Å². The van der Waals surface area contributed by atoms with Crippen molar-refractivity contribution in [2.45, 2.75) is 57.5 Å². The third-order valence-corrected chi connectivity index (χ3v) is 3.96. The van der Waals surface area contributed by atoms with E-state index in [1.54, 1.807) is 7.11 Å². The predicted molar refractivity (Wildman–Crippen MR) is 72.9 cm³/mol. The summed E-state index contributed by atoms with van der Waals surface area (Å²) >= 11 is 6.13. The van der Waals surface area contributed by atoms with E-state index in [1.165, 1.54) is 19.3 Å². The molecule has 18 heavy (non-hydrogen) atoms. The van der Waals surface area contributed by atoms with Crippen molar-refractivity contribution in [2.75, 3.05) is 7.11 Å². The van der Waals surface area contributed by atoms with Crippen molar-refractivity contribution < 1.29 is 4.74 Å². The molecule has 0 unspecified atom stereocenters. The van der Waals surface area contributed by atoms with Gasteiger partial charge in [-0.05, 0) is 24.8 Å². The normalized spacial score (nSPS) is 19.2. The Morgan fingerprint density at radius 3 is 2.44 bits per heavy atom. The number of rotatable bonds is 3. The van der Waals surface area contributed by atoms with Crippen LogP contribution in [0.4, 0.5) is 0 Å². The van der Waals surface area contributed by atoms with Crippen molar-refractivity contribution in [3.8, 4) is 0 Å². The lowest BCUT2D eigenvalue weighted by Crippen LogP contribution is -2.33. The molecule has 0 aliphatic heterocycles. The predicted octanol–water partition coefficient (Wildman–Crippen LogP) is 4.06. The van der Waals surface area contributed by atoms with Crippen molar-refractivity contribution >= 4 is 11.6 Å². The highest BCUT2D eigenvalue weighted by atomic mass is 35.5. The fourth-order valence-electron chi connectivity index (χ4n) is 2.58. The minimum atomic E-state index is -0.327. The molecular formula is C14H21ClN2O. The third-order valence-electron chi connectivity index (χ3n) is 3.77.